The van der Waals surface area contributed by atoms with Gasteiger partial charge in [0.2, 0.25) is 11.8 Å². The van der Waals surface area contributed by atoms with Crippen LogP contribution < -0.4 is 10.2 Å². The highest BCUT2D eigenvalue weighted by molar-refractivity contribution is 6.17. The Hall–Kier alpha value is -1.91. The van der Waals surface area contributed by atoms with Crippen molar-refractivity contribution in [2.75, 3.05) is 18.5 Å². The topological polar surface area (TPSA) is 49.4 Å². The summed E-state index contributed by atoms with van der Waals surface area (Å²) in [4.78, 5) is 25.7. The molecule has 94 valence electrons. The number of piperidine rings is 1. The van der Waals surface area contributed by atoms with Crippen molar-refractivity contribution in [3.05, 3.63) is 30.1 Å². The lowest BCUT2D eigenvalue weighted by Gasteiger charge is -2.20. The molecule has 1 heterocycles. The molecule has 3 rings (SSSR count). The van der Waals surface area contributed by atoms with Crippen LogP contribution in [-0.2, 0) is 9.59 Å². The smallest absolute Gasteiger partial charge is 0.243 e. The molecular formula is C13H13FN2O2. The normalized spacial score (nSPS) is 29.1. The standard InChI is InChI=1S/C13H13FN2O2/c1-15-11(17)13-6-8(13)7-16(12(13)18)10-4-2-9(14)3-5-10/h2-5,8H,6-7H2,1H3,(H,15,17). The van der Waals surface area contributed by atoms with E-state index in [-0.39, 0.29) is 23.5 Å². The molecule has 2 unspecified atom stereocenters. The number of benzene rings is 1. The molecule has 5 heteroatoms. The summed E-state index contributed by atoms with van der Waals surface area (Å²) < 4.78 is 12.8. The van der Waals surface area contributed by atoms with Crippen LogP contribution in [0.5, 0.6) is 0 Å². The van der Waals surface area contributed by atoms with Crippen molar-refractivity contribution in [2.45, 2.75) is 6.42 Å². The summed E-state index contributed by atoms with van der Waals surface area (Å²) in [6, 6.07) is 5.77. The number of carbonyl (C=O) groups excluding carboxylic acids is 2. The second kappa shape index (κ2) is 3.54. The van der Waals surface area contributed by atoms with Crippen LogP contribution in [-0.4, -0.2) is 25.4 Å². The second-order valence-electron chi connectivity index (χ2n) is 4.84. The Morgan fingerprint density at radius 3 is 2.72 bits per heavy atom. The van der Waals surface area contributed by atoms with Crippen molar-refractivity contribution in [1.82, 2.24) is 5.32 Å². The summed E-state index contributed by atoms with van der Waals surface area (Å²) in [5.41, 5.74) is -0.208. The van der Waals surface area contributed by atoms with Crippen LogP contribution in [0.25, 0.3) is 0 Å². The van der Waals surface area contributed by atoms with E-state index in [1.807, 2.05) is 0 Å². The van der Waals surface area contributed by atoms with Crippen LogP contribution in [0.4, 0.5) is 10.1 Å². The van der Waals surface area contributed by atoms with Gasteiger partial charge in [-0.1, -0.05) is 0 Å². The molecular weight excluding hydrogens is 235 g/mol. The third-order valence-corrected chi connectivity index (χ3v) is 3.91. The molecule has 1 aliphatic heterocycles. The molecule has 0 spiro atoms. The van der Waals surface area contributed by atoms with Crippen LogP contribution in [0.15, 0.2) is 24.3 Å². The van der Waals surface area contributed by atoms with Crippen LogP contribution in [0.2, 0.25) is 0 Å². The van der Waals surface area contributed by atoms with Crippen molar-refractivity contribution in [3.63, 3.8) is 0 Å². The summed E-state index contributed by atoms with van der Waals surface area (Å²) in [5, 5.41) is 2.55. The SMILES string of the molecule is CNC(=O)C12CC1CN(c1ccc(F)cc1)C2=O. The van der Waals surface area contributed by atoms with Crippen molar-refractivity contribution in [2.24, 2.45) is 11.3 Å². The number of nitrogens with zero attached hydrogens (tertiary/aromatic N) is 1. The van der Waals surface area contributed by atoms with Crippen molar-refractivity contribution < 1.29 is 14.0 Å². The number of rotatable bonds is 2. The lowest BCUT2D eigenvalue weighted by Crippen LogP contribution is -2.40. The first-order valence-corrected chi connectivity index (χ1v) is 5.89. The highest BCUT2D eigenvalue weighted by Gasteiger charge is 2.71. The minimum absolute atomic E-state index is 0.0926. The molecule has 2 amide bonds. The molecule has 0 bridgehead atoms. The predicted octanol–water partition coefficient (Wildman–Crippen LogP) is 0.925. The summed E-state index contributed by atoms with van der Waals surface area (Å²) in [6.45, 7) is 0.540. The summed E-state index contributed by atoms with van der Waals surface area (Å²) in [7, 11) is 1.54. The molecule has 18 heavy (non-hydrogen) atoms. The fraction of sp³-hybridized carbons (Fsp3) is 0.385. The zero-order chi connectivity index (χ0) is 12.9. The van der Waals surface area contributed by atoms with Gasteiger partial charge in [-0.25, -0.2) is 4.39 Å². The Labute approximate surface area is 104 Å². The number of nitrogens with one attached hydrogen (secondary N) is 1. The van der Waals surface area contributed by atoms with Crippen molar-refractivity contribution in [1.29, 1.82) is 0 Å². The first kappa shape index (κ1) is 11.2. The number of fused-ring (bicyclic) bond motifs is 1. The van der Waals surface area contributed by atoms with Crippen LogP contribution in [0.3, 0.4) is 0 Å². The zero-order valence-electron chi connectivity index (χ0n) is 9.94. The quantitative estimate of drug-likeness (QED) is 0.791. The first-order valence-electron chi connectivity index (χ1n) is 5.89. The number of halogens is 1. The van der Waals surface area contributed by atoms with E-state index in [4.69, 9.17) is 0 Å². The molecule has 2 aliphatic rings. The van der Waals surface area contributed by atoms with E-state index in [1.54, 1.807) is 24.1 Å². The Balaban J connectivity index is 1.89. The number of amides is 2. The molecule has 1 saturated heterocycles. The number of hydrogen-bond donors (Lipinski definition) is 1. The van der Waals surface area contributed by atoms with Gasteiger partial charge in [0.15, 0.2) is 0 Å². The van der Waals surface area contributed by atoms with E-state index in [9.17, 15) is 14.0 Å². The summed E-state index contributed by atoms with van der Waals surface area (Å²) >= 11 is 0. The third-order valence-electron chi connectivity index (χ3n) is 3.91. The second-order valence-corrected chi connectivity index (χ2v) is 4.84. The fourth-order valence-corrected chi connectivity index (χ4v) is 2.80. The number of anilines is 1. The predicted molar refractivity (Wildman–Crippen MR) is 63.4 cm³/mol. The number of hydrogen-bond acceptors (Lipinski definition) is 2. The molecule has 2 fully saturated rings. The molecule has 2 atom stereocenters. The van der Waals surface area contributed by atoms with Gasteiger partial charge in [0.1, 0.15) is 11.2 Å². The highest BCUT2D eigenvalue weighted by Crippen LogP contribution is 2.59. The minimum atomic E-state index is -0.858. The summed E-state index contributed by atoms with van der Waals surface area (Å²) in [6.07, 6.45) is 0.628. The average molecular weight is 248 g/mol. The zero-order valence-corrected chi connectivity index (χ0v) is 9.94. The van der Waals surface area contributed by atoms with Crippen molar-refractivity contribution >= 4 is 17.5 Å². The van der Waals surface area contributed by atoms with Gasteiger partial charge < -0.3 is 10.2 Å². The highest BCUT2D eigenvalue weighted by atomic mass is 19.1. The van der Waals surface area contributed by atoms with Gasteiger partial charge in [-0.3, -0.25) is 9.59 Å². The fourth-order valence-electron chi connectivity index (χ4n) is 2.80. The van der Waals surface area contributed by atoms with Crippen molar-refractivity contribution in [3.8, 4) is 0 Å². The van der Waals surface area contributed by atoms with E-state index < -0.39 is 5.41 Å². The third kappa shape index (κ3) is 1.30. The van der Waals surface area contributed by atoms with E-state index in [0.29, 0.717) is 18.7 Å². The molecule has 0 radical (unpaired) electrons. The van der Waals surface area contributed by atoms with Gasteiger partial charge in [-0.15, -0.1) is 0 Å². The van der Waals surface area contributed by atoms with Gasteiger partial charge in [0, 0.05) is 25.2 Å². The molecule has 4 nitrogen and oxygen atoms in total. The summed E-state index contributed by atoms with van der Waals surface area (Å²) in [5.74, 6) is -0.618. The molecule has 1 aromatic carbocycles. The van der Waals surface area contributed by atoms with Gasteiger partial charge in [0.25, 0.3) is 0 Å². The van der Waals surface area contributed by atoms with Gasteiger partial charge in [-0.2, -0.15) is 0 Å². The van der Waals surface area contributed by atoms with Crippen LogP contribution >= 0.6 is 0 Å². The Morgan fingerprint density at radius 2 is 2.11 bits per heavy atom. The Bertz CT molecular complexity index is 528. The van der Waals surface area contributed by atoms with Crippen LogP contribution in [0.1, 0.15) is 6.42 Å². The first-order chi connectivity index (χ1) is 8.59. The lowest BCUT2D eigenvalue weighted by atomic mass is 10.0. The Kier molecular flexibility index (Phi) is 2.20. The maximum absolute atomic E-state index is 12.8. The maximum Gasteiger partial charge on any atom is 0.243 e. The maximum atomic E-state index is 12.8. The lowest BCUT2D eigenvalue weighted by molar-refractivity contribution is -0.134. The van der Waals surface area contributed by atoms with E-state index in [1.165, 1.54) is 12.1 Å². The number of carbonyl (C=O) groups is 2. The molecule has 1 aromatic rings. The molecule has 1 aliphatic carbocycles. The molecule has 0 aromatic heterocycles. The average Bonchev–Trinajstić information content (AvgIpc) is 3.04. The van der Waals surface area contributed by atoms with E-state index in [2.05, 4.69) is 5.32 Å². The van der Waals surface area contributed by atoms with Gasteiger partial charge >= 0.3 is 0 Å². The van der Waals surface area contributed by atoms with Crippen LogP contribution in [0, 0.1) is 17.2 Å². The molecule has 1 saturated carbocycles. The van der Waals surface area contributed by atoms with Gasteiger partial charge in [-0.05, 0) is 30.7 Å². The van der Waals surface area contributed by atoms with E-state index >= 15 is 0 Å². The van der Waals surface area contributed by atoms with Gasteiger partial charge in [0.05, 0.1) is 0 Å². The minimum Gasteiger partial charge on any atom is -0.358 e. The molecule has 1 N–H and O–H groups in total. The monoisotopic (exact) mass is 248 g/mol. The van der Waals surface area contributed by atoms with E-state index in [0.717, 1.165) is 0 Å². The largest absolute Gasteiger partial charge is 0.358 e. The Morgan fingerprint density at radius 1 is 1.44 bits per heavy atom.